The van der Waals surface area contributed by atoms with E-state index in [0.29, 0.717) is 17.3 Å². The minimum absolute atomic E-state index is 0.0934. The van der Waals surface area contributed by atoms with E-state index in [1.165, 1.54) is 0 Å². The maximum atomic E-state index is 11.9. The quantitative estimate of drug-likeness (QED) is 0.894. The van der Waals surface area contributed by atoms with Gasteiger partial charge in [-0.3, -0.25) is 4.21 Å². The first-order valence-corrected chi connectivity index (χ1v) is 6.80. The van der Waals surface area contributed by atoms with Crippen molar-refractivity contribution in [3.8, 4) is 0 Å². The molecule has 0 saturated carbocycles. The minimum atomic E-state index is -1.33. The van der Waals surface area contributed by atoms with Gasteiger partial charge in [0.1, 0.15) is 16.7 Å². The summed E-state index contributed by atoms with van der Waals surface area (Å²) >= 11 is 0. The van der Waals surface area contributed by atoms with Gasteiger partial charge in [0.15, 0.2) is 5.03 Å². The Morgan fingerprint density at radius 2 is 1.94 bits per heavy atom. The van der Waals surface area contributed by atoms with Crippen molar-refractivity contribution in [2.45, 2.75) is 11.6 Å². The summed E-state index contributed by atoms with van der Waals surface area (Å²) in [5.41, 5.74) is 7.17. The van der Waals surface area contributed by atoms with Crippen LogP contribution in [0.3, 0.4) is 0 Å². The van der Waals surface area contributed by atoms with Crippen LogP contribution in [0.5, 0.6) is 0 Å². The van der Waals surface area contributed by atoms with Crippen LogP contribution in [0.25, 0.3) is 0 Å². The summed E-state index contributed by atoms with van der Waals surface area (Å²) in [5, 5.41) is 0.380. The molecular weight excluding hydrogens is 248 g/mol. The van der Waals surface area contributed by atoms with Crippen molar-refractivity contribution in [3.63, 3.8) is 0 Å². The van der Waals surface area contributed by atoms with Crippen LogP contribution in [-0.2, 0) is 22.1 Å². The SMILES string of the molecule is Nc1cccnc1S(=O)COCc1ccccc1. The van der Waals surface area contributed by atoms with Crippen LogP contribution in [0, 0.1) is 0 Å². The average molecular weight is 262 g/mol. The highest BCUT2D eigenvalue weighted by Gasteiger charge is 2.08. The van der Waals surface area contributed by atoms with Crippen molar-refractivity contribution in [2.75, 3.05) is 11.7 Å². The molecule has 0 radical (unpaired) electrons. The summed E-state index contributed by atoms with van der Waals surface area (Å²) in [5.74, 6) is 0.0934. The third-order valence-corrected chi connectivity index (χ3v) is 3.47. The number of nitrogen functional groups attached to an aromatic ring is 1. The summed E-state index contributed by atoms with van der Waals surface area (Å²) in [7, 11) is -1.33. The van der Waals surface area contributed by atoms with Crippen LogP contribution in [0.15, 0.2) is 53.7 Å². The molecule has 0 aliphatic carbocycles. The van der Waals surface area contributed by atoms with E-state index < -0.39 is 10.8 Å². The second kappa shape index (κ2) is 6.28. The van der Waals surface area contributed by atoms with E-state index in [4.69, 9.17) is 10.5 Å². The zero-order valence-corrected chi connectivity index (χ0v) is 10.6. The molecule has 2 N–H and O–H groups in total. The smallest absolute Gasteiger partial charge is 0.152 e. The number of benzene rings is 1. The Morgan fingerprint density at radius 3 is 2.67 bits per heavy atom. The molecule has 1 aromatic heterocycles. The van der Waals surface area contributed by atoms with E-state index in [9.17, 15) is 4.21 Å². The fourth-order valence-electron chi connectivity index (χ4n) is 1.46. The van der Waals surface area contributed by atoms with Crippen molar-refractivity contribution >= 4 is 16.5 Å². The maximum Gasteiger partial charge on any atom is 0.152 e. The first kappa shape index (κ1) is 12.7. The van der Waals surface area contributed by atoms with Crippen LogP contribution >= 0.6 is 0 Å². The lowest BCUT2D eigenvalue weighted by molar-refractivity contribution is 0.166. The number of rotatable bonds is 5. The van der Waals surface area contributed by atoms with Gasteiger partial charge in [0.2, 0.25) is 0 Å². The highest BCUT2D eigenvalue weighted by atomic mass is 32.2. The first-order chi connectivity index (χ1) is 8.77. The first-order valence-electron chi connectivity index (χ1n) is 5.48. The molecule has 0 bridgehead atoms. The zero-order chi connectivity index (χ0) is 12.8. The molecular formula is C13H14N2O2S. The van der Waals surface area contributed by atoms with Gasteiger partial charge in [-0.2, -0.15) is 0 Å². The fourth-order valence-corrected chi connectivity index (χ4v) is 2.31. The van der Waals surface area contributed by atoms with Crippen LogP contribution in [-0.4, -0.2) is 15.1 Å². The number of anilines is 1. The Hall–Kier alpha value is -1.72. The molecule has 94 valence electrons. The summed E-state index contributed by atoms with van der Waals surface area (Å²) in [6.45, 7) is 0.430. The van der Waals surface area contributed by atoms with Gasteiger partial charge >= 0.3 is 0 Å². The molecule has 0 fully saturated rings. The van der Waals surface area contributed by atoms with Gasteiger partial charge in [0.25, 0.3) is 0 Å². The van der Waals surface area contributed by atoms with Gasteiger partial charge in [0.05, 0.1) is 12.3 Å². The van der Waals surface area contributed by atoms with E-state index >= 15 is 0 Å². The summed E-state index contributed by atoms with van der Waals surface area (Å²) in [4.78, 5) is 4.00. The van der Waals surface area contributed by atoms with Crippen LogP contribution in [0.4, 0.5) is 5.69 Å². The Morgan fingerprint density at radius 1 is 1.17 bits per heavy atom. The van der Waals surface area contributed by atoms with Gasteiger partial charge in [-0.05, 0) is 17.7 Å². The molecule has 4 nitrogen and oxygen atoms in total. The predicted molar refractivity (Wildman–Crippen MR) is 71.2 cm³/mol. The third-order valence-electron chi connectivity index (χ3n) is 2.32. The van der Waals surface area contributed by atoms with E-state index in [0.717, 1.165) is 5.56 Å². The molecule has 0 aliphatic rings. The van der Waals surface area contributed by atoms with Crippen LogP contribution in [0.1, 0.15) is 5.56 Å². The monoisotopic (exact) mass is 262 g/mol. The molecule has 1 aromatic carbocycles. The summed E-state index contributed by atoms with van der Waals surface area (Å²) < 4.78 is 17.3. The van der Waals surface area contributed by atoms with Gasteiger partial charge in [0, 0.05) is 6.20 Å². The van der Waals surface area contributed by atoms with Gasteiger partial charge in [-0.25, -0.2) is 4.98 Å². The van der Waals surface area contributed by atoms with E-state index in [1.807, 2.05) is 30.3 Å². The fraction of sp³-hybridized carbons (Fsp3) is 0.154. The number of nitrogens with zero attached hydrogens (tertiary/aromatic N) is 1. The predicted octanol–water partition coefficient (Wildman–Crippen LogP) is 1.95. The van der Waals surface area contributed by atoms with Crippen molar-refractivity contribution in [1.29, 1.82) is 0 Å². The number of pyridine rings is 1. The number of ether oxygens (including phenoxy) is 1. The van der Waals surface area contributed by atoms with Gasteiger partial charge in [-0.1, -0.05) is 30.3 Å². The lowest BCUT2D eigenvalue weighted by atomic mass is 10.2. The Bertz CT molecular complexity index is 532. The van der Waals surface area contributed by atoms with Gasteiger partial charge < -0.3 is 10.5 Å². The van der Waals surface area contributed by atoms with E-state index in [1.54, 1.807) is 18.3 Å². The molecule has 0 aliphatic heterocycles. The largest absolute Gasteiger partial charge is 0.396 e. The second-order valence-corrected chi connectivity index (χ2v) is 5.01. The minimum Gasteiger partial charge on any atom is -0.396 e. The highest BCUT2D eigenvalue weighted by molar-refractivity contribution is 7.84. The van der Waals surface area contributed by atoms with Crippen LogP contribution < -0.4 is 5.73 Å². The number of hydrogen-bond acceptors (Lipinski definition) is 4. The Labute approximate surface area is 108 Å². The Balaban J connectivity index is 1.88. The molecule has 2 aromatic rings. The zero-order valence-electron chi connectivity index (χ0n) is 9.78. The maximum absolute atomic E-state index is 11.9. The normalized spacial score (nSPS) is 12.2. The topological polar surface area (TPSA) is 65.2 Å². The molecule has 0 spiro atoms. The van der Waals surface area contributed by atoms with Crippen molar-refractivity contribution in [1.82, 2.24) is 4.98 Å². The van der Waals surface area contributed by atoms with Crippen molar-refractivity contribution in [3.05, 3.63) is 54.2 Å². The molecule has 1 unspecified atom stereocenters. The molecule has 5 heteroatoms. The number of aromatic nitrogens is 1. The van der Waals surface area contributed by atoms with E-state index in [-0.39, 0.29) is 5.94 Å². The van der Waals surface area contributed by atoms with E-state index in [2.05, 4.69) is 4.98 Å². The highest BCUT2D eigenvalue weighted by Crippen LogP contribution is 2.12. The van der Waals surface area contributed by atoms with Gasteiger partial charge in [-0.15, -0.1) is 0 Å². The lowest BCUT2D eigenvalue weighted by Gasteiger charge is -2.05. The number of nitrogens with two attached hydrogens (primary N) is 1. The molecule has 0 saturated heterocycles. The summed E-state index contributed by atoms with van der Waals surface area (Å²) in [6.07, 6.45) is 1.57. The second-order valence-electron chi connectivity index (χ2n) is 3.70. The summed E-state index contributed by atoms with van der Waals surface area (Å²) in [6, 6.07) is 13.1. The molecule has 18 heavy (non-hydrogen) atoms. The lowest BCUT2D eigenvalue weighted by Crippen LogP contribution is -2.07. The average Bonchev–Trinajstić information content (AvgIpc) is 2.40. The standard InChI is InChI=1S/C13H14N2O2S/c14-12-7-4-8-15-13(12)18(16)10-17-9-11-5-2-1-3-6-11/h1-8H,9-10,14H2. The molecule has 1 heterocycles. The van der Waals surface area contributed by atoms with Crippen molar-refractivity contribution < 1.29 is 8.95 Å². The third kappa shape index (κ3) is 3.38. The van der Waals surface area contributed by atoms with Crippen LogP contribution in [0.2, 0.25) is 0 Å². The molecule has 0 amide bonds. The van der Waals surface area contributed by atoms with Crippen molar-refractivity contribution in [2.24, 2.45) is 0 Å². The number of hydrogen-bond donors (Lipinski definition) is 1. The Kier molecular flexibility index (Phi) is 4.44. The molecule has 1 atom stereocenters. The molecule has 2 rings (SSSR count).